The Morgan fingerprint density at radius 2 is 1.28 bits per heavy atom. The van der Waals surface area contributed by atoms with Crippen LogP contribution in [-0.4, -0.2) is 6.54 Å². The summed E-state index contributed by atoms with van der Waals surface area (Å²) in [6.45, 7) is 1.02. The third kappa shape index (κ3) is 3.51. The van der Waals surface area contributed by atoms with Crippen LogP contribution in [0.4, 0.5) is 5.69 Å². The van der Waals surface area contributed by atoms with Gasteiger partial charge in [0.15, 0.2) is 0 Å². The average Bonchev–Trinajstić information content (AvgIpc) is 2.68. The van der Waals surface area contributed by atoms with Crippen LogP contribution < -0.4 is 5.32 Å². The van der Waals surface area contributed by atoms with E-state index in [1.165, 1.54) is 45.6 Å². The molecule has 124 valence electrons. The zero-order chi connectivity index (χ0) is 16.9. The van der Waals surface area contributed by atoms with Gasteiger partial charge in [0.1, 0.15) is 0 Å². The van der Waals surface area contributed by atoms with Gasteiger partial charge in [0, 0.05) is 12.2 Å². The molecule has 0 aliphatic heterocycles. The second kappa shape index (κ2) is 7.40. The van der Waals surface area contributed by atoms with Crippen molar-refractivity contribution in [3.63, 3.8) is 0 Å². The molecule has 0 heterocycles. The molecule has 0 atom stereocenters. The molecule has 4 aromatic carbocycles. The van der Waals surface area contributed by atoms with Gasteiger partial charge in [-0.1, -0.05) is 72.8 Å². The molecule has 25 heavy (non-hydrogen) atoms. The topological polar surface area (TPSA) is 12.0 Å². The fourth-order valence-corrected chi connectivity index (χ4v) is 3.57. The van der Waals surface area contributed by atoms with Gasteiger partial charge in [-0.2, -0.15) is 0 Å². The van der Waals surface area contributed by atoms with Crippen LogP contribution in [0, 0.1) is 0 Å². The molecule has 1 nitrogen and oxygen atoms in total. The lowest BCUT2D eigenvalue weighted by molar-refractivity contribution is 0.766. The highest BCUT2D eigenvalue weighted by molar-refractivity contribution is 6.08. The number of unbranched alkanes of at least 4 members (excludes halogenated alkanes) is 1. The van der Waals surface area contributed by atoms with Crippen LogP contribution in [-0.2, 0) is 6.42 Å². The smallest absolute Gasteiger partial charge is 0.0340 e. The van der Waals surface area contributed by atoms with Gasteiger partial charge in [-0.3, -0.25) is 0 Å². The van der Waals surface area contributed by atoms with Crippen LogP contribution in [0.1, 0.15) is 18.4 Å². The minimum Gasteiger partial charge on any atom is -0.385 e. The first-order valence-electron chi connectivity index (χ1n) is 9.10. The predicted molar refractivity (Wildman–Crippen MR) is 109 cm³/mol. The van der Waals surface area contributed by atoms with Crippen LogP contribution in [0.15, 0.2) is 84.9 Å². The summed E-state index contributed by atoms with van der Waals surface area (Å²) in [5.74, 6) is 0. The summed E-state index contributed by atoms with van der Waals surface area (Å²) in [4.78, 5) is 0. The molecule has 0 unspecified atom stereocenters. The predicted octanol–water partition coefficient (Wildman–Crippen LogP) is 6.43. The van der Waals surface area contributed by atoms with E-state index in [0.717, 1.165) is 13.0 Å². The number of fused-ring (bicyclic) bond motifs is 3. The summed E-state index contributed by atoms with van der Waals surface area (Å²) < 4.78 is 0. The highest BCUT2D eigenvalue weighted by Crippen LogP contribution is 2.29. The molecule has 0 aromatic heterocycles. The van der Waals surface area contributed by atoms with Crippen molar-refractivity contribution in [2.45, 2.75) is 19.3 Å². The molecular formula is C24H23N. The summed E-state index contributed by atoms with van der Waals surface area (Å²) in [6, 6.07) is 30.3. The SMILES string of the molecule is c1ccc(NCCCCc2cc3ccccc3c3ccccc23)cc1. The molecule has 0 amide bonds. The molecule has 0 aliphatic rings. The Bertz CT molecular complexity index is 973. The highest BCUT2D eigenvalue weighted by atomic mass is 14.9. The van der Waals surface area contributed by atoms with Gasteiger partial charge in [0.25, 0.3) is 0 Å². The van der Waals surface area contributed by atoms with Crippen molar-refractivity contribution in [2.75, 3.05) is 11.9 Å². The van der Waals surface area contributed by atoms with Crippen LogP contribution in [0.3, 0.4) is 0 Å². The van der Waals surface area contributed by atoms with Crippen LogP contribution in [0.2, 0.25) is 0 Å². The second-order valence-corrected chi connectivity index (χ2v) is 6.55. The standard InChI is InChI=1S/C24H23N/c1-2-12-21(13-3-1)25-17-9-8-11-20-18-19-10-4-5-14-22(19)24-16-7-6-15-23(20)24/h1-7,10,12-16,18,25H,8-9,11,17H2. The van der Waals surface area contributed by atoms with Gasteiger partial charge in [-0.05, 0) is 58.5 Å². The Kier molecular flexibility index (Phi) is 4.65. The summed E-state index contributed by atoms with van der Waals surface area (Å²) in [5, 5.41) is 8.97. The van der Waals surface area contributed by atoms with Crippen molar-refractivity contribution < 1.29 is 0 Å². The summed E-state index contributed by atoms with van der Waals surface area (Å²) >= 11 is 0. The van der Waals surface area contributed by atoms with Gasteiger partial charge in [0.05, 0.1) is 0 Å². The third-order valence-electron chi connectivity index (χ3n) is 4.83. The summed E-state index contributed by atoms with van der Waals surface area (Å²) in [5.41, 5.74) is 2.67. The van der Waals surface area contributed by atoms with Crippen molar-refractivity contribution in [2.24, 2.45) is 0 Å². The number of nitrogens with one attached hydrogen (secondary N) is 1. The van der Waals surface area contributed by atoms with Gasteiger partial charge in [-0.15, -0.1) is 0 Å². The van der Waals surface area contributed by atoms with Crippen LogP contribution >= 0.6 is 0 Å². The molecule has 0 fully saturated rings. The minimum absolute atomic E-state index is 1.02. The van der Waals surface area contributed by atoms with Gasteiger partial charge in [0.2, 0.25) is 0 Å². The maximum atomic E-state index is 3.50. The number of aryl methyl sites for hydroxylation is 1. The molecule has 0 saturated carbocycles. The average molecular weight is 325 g/mol. The first-order valence-corrected chi connectivity index (χ1v) is 9.10. The van der Waals surface area contributed by atoms with E-state index in [1.54, 1.807) is 0 Å². The number of rotatable bonds is 6. The third-order valence-corrected chi connectivity index (χ3v) is 4.83. The lowest BCUT2D eigenvalue weighted by Gasteiger charge is -2.11. The molecule has 0 saturated heterocycles. The van der Waals surface area contributed by atoms with E-state index in [0.29, 0.717) is 0 Å². The fraction of sp³-hybridized carbons (Fsp3) is 0.167. The van der Waals surface area contributed by atoms with Crippen molar-refractivity contribution >= 4 is 27.2 Å². The molecule has 0 aliphatic carbocycles. The minimum atomic E-state index is 1.02. The first-order chi connectivity index (χ1) is 12.4. The second-order valence-electron chi connectivity index (χ2n) is 6.55. The highest BCUT2D eigenvalue weighted by Gasteiger charge is 2.05. The molecule has 0 spiro atoms. The van der Waals surface area contributed by atoms with Crippen molar-refractivity contribution in [3.05, 3.63) is 90.5 Å². The molecule has 1 heteroatoms. The first kappa shape index (κ1) is 15.7. The van der Waals surface area contributed by atoms with Crippen molar-refractivity contribution in [1.82, 2.24) is 0 Å². The zero-order valence-electron chi connectivity index (χ0n) is 14.4. The lowest BCUT2D eigenvalue weighted by atomic mass is 9.94. The quantitative estimate of drug-likeness (QED) is 0.318. The maximum absolute atomic E-state index is 3.50. The number of benzene rings is 4. The maximum Gasteiger partial charge on any atom is 0.0340 e. The van der Waals surface area contributed by atoms with E-state index < -0.39 is 0 Å². The molecule has 0 radical (unpaired) electrons. The van der Waals surface area contributed by atoms with Gasteiger partial charge < -0.3 is 5.32 Å². The summed E-state index contributed by atoms with van der Waals surface area (Å²) in [7, 11) is 0. The molecular weight excluding hydrogens is 302 g/mol. The number of hydrogen-bond donors (Lipinski definition) is 1. The van der Waals surface area contributed by atoms with E-state index in [1.807, 2.05) is 0 Å². The van der Waals surface area contributed by atoms with Crippen LogP contribution in [0.25, 0.3) is 21.5 Å². The molecule has 4 aromatic rings. The Morgan fingerprint density at radius 1 is 0.600 bits per heavy atom. The Labute approximate surface area is 149 Å². The van der Waals surface area contributed by atoms with Crippen molar-refractivity contribution in [3.8, 4) is 0 Å². The number of para-hydroxylation sites is 1. The number of anilines is 1. The lowest BCUT2D eigenvalue weighted by Crippen LogP contribution is -2.01. The molecule has 1 N–H and O–H groups in total. The monoisotopic (exact) mass is 325 g/mol. The van der Waals surface area contributed by atoms with E-state index >= 15 is 0 Å². The molecule has 0 bridgehead atoms. The van der Waals surface area contributed by atoms with E-state index in [2.05, 4.69) is 90.2 Å². The van der Waals surface area contributed by atoms with Crippen LogP contribution in [0.5, 0.6) is 0 Å². The van der Waals surface area contributed by atoms with E-state index in [4.69, 9.17) is 0 Å². The Hall–Kier alpha value is -2.80. The van der Waals surface area contributed by atoms with E-state index in [9.17, 15) is 0 Å². The number of hydrogen-bond acceptors (Lipinski definition) is 1. The molecule has 4 rings (SSSR count). The Balaban J connectivity index is 1.47. The van der Waals surface area contributed by atoms with Crippen molar-refractivity contribution in [1.29, 1.82) is 0 Å². The summed E-state index contributed by atoms with van der Waals surface area (Å²) in [6.07, 6.45) is 3.50. The zero-order valence-corrected chi connectivity index (χ0v) is 14.4. The Morgan fingerprint density at radius 3 is 2.12 bits per heavy atom. The normalized spacial score (nSPS) is 11.0. The van der Waals surface area contributed by atoms with Gasteiger partial charge in [-0.25, -0.2) is 0 Å². The van der Waals surface area contributed by atoms with Gasteiger partial charge >= 0.3 is 0 Å². The largest absolute Gasteiger partial charge is 0.385 e. The fourth-order valence-electron chi connectivity index (χ4n) is 3.57. The van der Waals surface area contributed by atoms with E-state index in [-0.39, 0.29) is 0 Å².